The van der Waals surface area contributed by atoms with Crippen LogP contribution in [0, 0.1) is 0 Å². The summed E-state index contributed by atoms with van der Waals surface area (Å²) in [6.45, 7) is 4.72. The van der Waals surface area contributed by atoms with Crippen LogP contribution in [-0.4, -0.2) is 27.5 Å². The standard InChI is InChI=1S/C16H18N2O3/c1-9(2)10-4-5-13-12(8-10)14-11(6-7-21-13)15(16(19)20)18(3)17-14/h4-5,8-9H,6-7H2,1-3H3,(H,19,20). The van der Waals surface area contributed by atoms with Gasteiger partial charge in [-0.3, -0.25) is 4.68 Å². The third-order valence-electron chi connectivity index (χ3n) is 3.88. The van der Waals surface area contributed by atoms with E-state index < -0.39 is 5.97 Å². The summed E-state index contributed by atoms with van der Waals surface area (Å²) in [5, 5.41) is 13.8. The number of hydrogen-bond acceptors (Lipinski definition) is 3. The second-order valence-corrected chi connectivity index (χ2v) is 5.61. The maximum absolute atomic E-state index is 11.5. The van der Waals surface area contributed by atoms with Crippen molar-refractivity contribution in [1.29, 1.82) is 0 Å². The van der Waals surface area contributed by atoms with Gasteiger partial charge in [-0.25, -0.2) is 4.79 Å². The minimum absolute atomic E-state index is 0.247. The molecule has 1 aromatic carbocycles. The average molecular weight is 286 g/mol. The molecule has 1 aliphatic heterocycles. The summed E-state index contributed by atoms with van der Waals surface area (Å²) in [6.07, 6.45) is 0.552. The molecule has 0 radical (unpaired) electrons. The zero-order chi connectivity index (χ0) is 15.1. The molecule has 0 saturated carbocycles. The smallest absolute Gasteiger partial charge is 0.354 e. The Balaban J connectivity index is 2.25. The Labute approximate surface area is 123 Å². The van der Waals surface area contributed by atoms with Gasteiger partial charge in [0, 0.05) is 24.6 Å². The molecular formula is C16H18N2O3. The zero-order valence-corrected chi connectivity index (χ0v) is 12.4. The van der Waals surface area contributed by atoms with Crippen LogP contribution < -0.4 is 4.74 Å². The predicted molar refractivity (Wildman–Crippen MR) is 78.9 cm³/mol. The molecule has 0 amide bonds. The van der Waals surface area contributed by atoms with E-state index in [9.17, 15) is 9.90 Å². The number of aromatic carboxylic acids is 1. The molecular weight excluding hydrogens is 268 g/mol. The molecule has 0 saturated heterocycles. The van der Waals surface area contributed by atoms with Crippen LogP contribution in [0.15, 0.2) is 18.2 Å². The molecule has 0 aliphatic carbocycles. The topological polar surface area (TPSA) is 64.4 Å². The summed E-state index contributed by atoms with van der Waals surface area (Å²) in [5.74, 6) is 0.215. The van der Waals surface area contributed by atoms with Gasteiger partial charge in [0.05, 0.1) is 6.61 Å². The number of aromatic nitrogens is 2. The van der Waals surface area contributed by atoms with Gasteiger partial charge < -0.3 is 9.84 Å². The number of aryl methyl sites for hydroxylation is 1. The Kier molecular flexibility index (Phi) is 3.20. The molecule has 5 nitrogen and oxygen atoms in total. The quantitative estimate of drug-likeness (QED) is 0.922. The van der Waals surface area contributed by atoms with Crippen LogP contribution in [0.5, 0.6) is 5.75 Å². The largest absolute Gasteiger partial charge is 0.493 e. The van der Waals surface area contributed by atoms with Crippen LogP contribution in [0.2, 0.25) is 0 Å². The van der Waals surface area contributed by atoms with Crippen molar-refractivity contribution < 1.29 is 14.6 Å². The predicted octanol–water partition coefficient (Wildman–Crippen LogP) is 2.84. The highest BCUT2D eigenvalue weighted by Crippen LogP contribution is 2.37. The normalized spacial score (nSPS) is 13.3. The summed E-state index contributed by atoms with van der Waals surface area (Å²) in [4.78, 5) is 11.5. The Morgan fingerprint density at radius 1 is 1.43 bits per heavy atom. The van der Waals surface area contributed by atoms with Gasteiger partial charge in [0.15, 0.2) is 0 Å². The molecule has 1 aromatic heterocycles. The van der Waals surface area contributed by atoms with Gasteiger partial charge in [-0.15, -0.1) is 0 Å². The monoisotopic (exact) mass is 286 g/mol. The second kappa shape index (κ2) is 4.91. The molecule has 5 heteroatoms. The van der Waals surface area contributed by atoms with Crippen molar-refractivity contribution in [1.82, 2.24) is 9.78 Å². The average Bonchev–Trinajstić information content (AvgIpc) is 2.65. The fourth-order valence-corrected chi connectivity index (χ4v) is 2.77. The third-order valence-corrected chi connectivity index (χ3v) is 3.88. The van der Waals surface area contributed by atoms with Gasteiger partial charge in [0.25, 0.3) is 0 Å². The van der Waals surface area contributed by atoms with Crippen LogP contribution >= 0.6 is 0 Å². The number of carboxylic acid groups (broad SMARTS) is 1. The Morgan fingerprint density at radius 2 is 2.19 bits per heavy atom. The lowest BCUT2D eigenvalue weighted by Gasteiger charge is -2.11. The Bertz CT molecular complexity index is 717. The van der Waals surface area contributed by atoms with Crippen molar-refractivity contribution in [3.05, 3.63) is 35.0 Å². The molecule has 0 unspecified atom stereocenters. The minimum Gasteiger partial charge on any atom is -0.493 e. The highest BCUT2D eigenvalue weighted by molar-refractivity contribution is 5.90. The second-order valence-electron chi connectivity index (χ2n) is 5.61. The molecule has 2 aromatic rings. The van der Waals surface area contributed by atoms with Gasteiger partial charge in [-0.2, -0.15) is 5.10 Å². The highest BCUT2D eigenvalue weighted by Gasteiger charge is 2.26. The molecule has 2 heterocycles. The molecule has 1 aliphatic rings. The number of carbonyl (C=O) groups is 1. The van der Waals surface area contributed by atoms with Crippen LogP contribution in [0.25, 0.3) is 11.3 Å². The molecule has 110 valence electrons. The van der Waals surface area contributed by atoms with Crippen molar-refractivity contribution in [2.24, 2.45) is 7.05 Å². The SMILES string of the molecule is CC(C)c1ccc2c(c1)-c1nn(C)c(C(=O)O)c1CCO2. The van der Waals surface area contributed by atoms with E-state index in [4.69, 9.17) is 4.74 Å². The van der Waals surface area contributed by atoms with E-state index in [2.05, 4.69) is 31.1 Å². The van der Waals surface area contributed by atoms with E-state index >= 15 is 0 Å². The first-order chi connectivity index (χ1) is 9.99. The maximum Gasteiger partial charge on any atom is 0.354 e. The van der Waals surface area contributed by atoms with E-state index in [-0.39, 0.29) is 5.69 Å². The lowest BCUT2D eigenvalue weighted by molar-refractivity contribution is 0.0683. The molecule has 21 heavy (non-hydrogen) atoms. The van der Waals surface area contributed by atoms with Gasteiger partial charge in [-0.05, 0) is 23.6 Å². The molecule has 1 N–H and O–H groups in total. The van der Waals surface area contributed by atoms with Crippen LogP contribution in [0.1, 0.15) is 41.4 Å². The first-order valence-electron chi connectivity index (χ1n) is 7.05. The molecule has 0 spiro atoms. The van der Waals surface area contributed by atoms with E-state index in [1.165, 1.54) is 10.2 Å². The van der Waals surface area contributed by atoms with E-state index in [0.717, 1.165) is 22.6 Å². The van der Waals surface area contributed by atoms with E-state index in [0.29, 0.717) is 18.9 Å². The first kappa shape index (κ1) is 13.7. The fourth-order valence-electron chi connectivity index (χ4n) is 2.77. The first-order valence-corrected chi connectivity index (χ1v) is 7.05. The van der Waals surface area contributed by atoms with Crippen molar-refractivity contribution in [3.8, 4) is 17.0 Å². The summed E-state index contributed by atoms with van der Waals surface area (Å²) >= 11 is 0. The number of benzene rings is 1. The number of hydrogen-bond donors (Lipinski definition) is 1. The summed E-state index contributed by atoms with van der Waals surface area (Å²) < 4.78 is 7.20. The number of fused-ring (bicyclic) bond motifs is 3. The lowest BCUT2D eigenvalue weighted by atomic mass is 9.97. The number of ether oxygens (including phenoxy) is 1. The Morgan fingerprint density at radius 3 is 2.86 bits per heavy atom. The van der Waals surface area contributed by atoms with Crippen molar-refractivity contribution in [3.63, 3.8) is 0 Å². The fraction of sp³-hybridized carbons (Fsp3) is 0.375. The van der Waals surface area contributed by atoms with Crippen molar-refractivity contribution in [2.75, 3.05) is 6.61 Å². The van der Waals surface area contributed by atoms with Crippen molar-refractivity contribution in [2.45, 2.75) is 26.2 Å². The summed E-state index contributed by atoms with van der Waals surface area (Å²) in [5.41, 5.74) is 3.80. The summed E-state index contributed by atoms with van der Waals surface area (Å²) in [7, 11) is 1.67. The molecule has 0 bridgehead atoms. The summed E-state index contributed by atoms with van der Waals surface area (Å²) in [6, 6.07) is 6.06. The lowest BCUT2D eigenvalue weighted by Crippen LogP contribution is -2.10. The number of rotatable bonds is 2. The van der Waals surface area contributed by atoms with E-state index in [1.807, 2.05) is 6.07 Å². The van der Waals surface area contributed by atoms with Gasteiger partial charge in [0.1, 0.15) is 17.1 Å². The van der Waals surface area contributed by atoms with Gasteiger partial charge in [-0.1, -0.05) is 19.9 Å². The third kappa shape index (κ3) is 2.18. The van der Waals surface area contributed by atoms with Crippen LogP contribution in [0.3, 0.4) is 0 Å². The molecule has 0 fully saturated rings. The van der Waals surface area contributed by atoms with Gasteiger partial charge in [0.2, 0.25) is 0 Å². The van der Waals surface area contributed by atoms with Crippen molar-refractivity contribution >= 4 is 5.97 Å². The Hall–Kier alpha value is -2.30. The van der Waals surface area contributed by atoms with Gasteiger partial charge >= 0.3 is 5.97 Å². The maximum atomic E-state index is 11.5. The molecule has 3 rings (SSSR count). The highest BCUT2D eigenvalue weighted by atomic mass is 16.5. The van der Waals surface area contributed by atoms with E-state index in [1.54, 1.807) is 7.05 Å². The number of nitrogens with zero attached hydrogens (tertiary/aromatic N) is 2. The van der Waals surface area contributed by atoms with Crippen LogP contribution in [0.4, 0.5) is 0 Å². The molecule has 0 atom stereocenters. The minimum atomic E-state index is -0.949. The zero-order valence-electron chi connectivity index (χ0n) is 12.4. The van der Waals surface area contributed by atoms with Crippen LogP contribution in [-0.2, 0) is 13.5 Å². The number of carboxylic acids is 1.